The summed E-state index contributed by atoms with van der Waals surface area (Å²) in [7, 11) is 1.25. The zero-order valence-corrected chi connectivity index (χ0v) is 17.5. The molecule has 1 N–H and O–H groups in total. The normalized spacial score (nSPS) is 13.2. The standard InChI is InChI=1S/C20H17Cl2F6NO2/c1-29(10-12(4-5-30)11-2-3-16(21)17(22)8-11)18(31)13-6-14(19(23,24)25)9-15(7-13)20(26,27)28/h2-3,6-9,12,30H,4-5,10H2,1H3/t12-/m1/s1. The maximum absolute atomic E-state index is 13.1. The smallest absolute Gasteiger partial charge is 0.396 e. The second-order valence-corrected chi connectivity index (χ2v) is 7.68. The molecule has 3 nitrogen and oxygen atoms in total. The van der Waals surface area contributed by atoms with Crippen LogP contribution >= 0.6 is 23.2 Å². The van der Waals surface area contributed by atoms with Crippen molar-refractivity contribution in [3.8, 4) is 0 Å². The molecule has 2 rings (SSSR count). The van der Waals surface area contributed by atoms with Gasteiger partial charge >= 0.3 is 12.4 Å². The molecule has 0 aromatic heterocycles. The molecule has 0 aliphatic carbocycles. The highest BCUT2D eigenvalue weighted by Gasteiger charge is 2.37. The van der Waals surface area contributed by atoms with Crippen molar-refractivity contribution in [2.45, 2.75) is 24.7 Å². The van der Waals surface area contributed by atoms with Gasteiger partial charge in [0.1, 0.15) is 0 Å². The molecular weight excluding hydrogens is 471 g/mol. The Morgan fingerprint density at radius 2 is 1.52 bits per heavy atom. The summed E-state index contributed by atoms with van der Waals surface area (Å²) in [4.78, 5) is 13.7. The van der Waals surface area contributed by atoms with Crippen LogP contribution < -0.4 is 0 Å². The maximum atomic E-state index is 13.1. The lowest BCUT2D eigenvalue weighted by Gasteiger charge is -2.25. The Labute approximate surface area is 184 Å². The number of likely N-dealkylation sites (N-methyl/N-ethyl adjacent to an activating group) is 1. The topological polar surface area (TPSA) is 40.5 Å². The fraction of sp³-hybridized carbons (Fsp3) is 0.350. The first-order chi connectivity index (χ1) is 14.2. The van der Waals surface area contributed by atoms with Crippen molar-refractivity contribution in [1.29, 1.82) is 0 Å². The van der Waals surface area contributed by atoms with Crippen LogP contribution in [0.5, 0.6) is 0 Å². The molecule has 2 aromatic carbocycles. The van der Waals surface area contributed by atoms with Gasteiger partial charge in [-0.3, -0.25) is 4.79 Å². The molecule has 0 radical (unpaired) electrons. The van der Waals surface area contributed by atoms with Gasteiger partial charge in [0.2, 0.25) is 0 Å². The molecule has 31 heavy (non-hydrogen) atoms. The van der Waals surface area contributed by atoms with Crippen molar-refractivity contribution in [3.05, 3.63) is 68.7 Å². The van der Waals surface area contributed by atoms with E-state index in [0.717, 1.165) is 4.90 Å². The summed E-state index contributed by atoms with van der Waals surface area (Å²) in [6, 6.07) is 5.37. The van der Waals surface area contributed by atoms with Crippen LogP contribution in [0.1, 0.15) is 39.4 Å². The predicted molar refractivity (Wildman–Crippen MR) is 104 cm³/mol. The van der Waals surface area contributed by atoms with Crippen molar-refractivity contribution in [3.63, 3.8) is 0 Å². The van der Waals surface area contributed by atoms with E-state index in [1.54, 1.807) is 6.07 Å². The zero-order chi connectivity index (χ0) is 23.6. The average Bonchev–Trinajstić information content (AvgIpc) is 2.67. The van der Waals surface area contributed by atoms with E-state index in [0.29, 0.717) is 17.7 Å². The van der Waals surface area contributed by atoms with E-state index < -0.39 is 40.9 Å². The first kappa shape index (κ1) is 25.3. The number of halogens is 8. The summed E-state index contributed by atoms with van der Waals surface area (Å²) in [6.45, 7) is -0.357. The summed E-state index contributed by atoms with van der Waals surface area (Å²) >= 11 is 11.9. The van der Waals surface area contributed by atoms with Gasteiger partial charge in [-0.05, 0) is 42.3 Å². The third-order valence-corrected chi connectivity index (χ3v) is 5.31. The van der Waals surface area contributed by atoms with Crippen LogP contribution in [0.2, 0.25) is 10.0 Å². The SMILES string of the molecule is CN(C[C@@H](CCO)c1ccc(Cl)c(Cl)c1)C(=O)c1cc(C(F)(F)F)cc(C(F)(F)F)c1. The Hall–Kier alpha value is -1.97. The fourth-order valence-electron chi connectivity index (χ4n) is 3.00. The van der Waals surface area contributed by atoms with E-state index in [1.165, 1.54) is 19.2 Å². The Balaban J connectivity index is 2.37. The molecule has 1 atom stereocenters. The third-order valence-electron chi connectivity index (χ3n) is 4.57. The fourth-order valence-corrected chi connectivity index (χ4v) is 3.30. The largest absolute Gasteiger partial charge is 0.416 e. The molecule has 2 aromatic rings. The molecule has 1 amide bonds. The van der Waals surface area contributed by atoms with Crippen LogP contribution in [0.3, 0.4) is 0 Å². The van der Waals surface area contributed by atoms with Gasteiger partial charge in [-0.15, -0.1) is 0 Å². The van der Waals surface area contributed by atoms with E-state index in [2.05, 4.69) is 0 Å². The van der Waals surface area contributed by atoms with Crippen LogP contribution in [0.15, 0.2) is 36.4 Å². The maximum Gasteiger partial charge on any atom is 0.416 e. The third kappa shape index (κ3) is 6.51. The first-order valence-electron chi connectivity index (χ1n) is 8.84. The molecule has 11 heteroatoms. The second-order valence-electron chi connectivity index (χ2n) is 6.86. The highest BCUT2D eigenvalue weighted by Crippen LogP contribution is 2.37. The molecule has 0 aliphatic rings. The average molecular weight is 488 g/mol. The minimum atomic E-state index is -5.06. The van der Waals surface area contributed by atoms with Crippen molar-refractivity contribution >= 4 is 29.1 Å². The minimum Gasteiger partial charge on any atom is -0.396 e. The highest BCUT2D eigenvalue weighted by atomic mass is 35.5. The Bertz CT molecular complexity index is 914. The van der Waals surface area contributed by atoms with Crippen LogP contribution in [-0.2, 0) is 12.4 Å². The number of hydrogen-bond acceptors (Lipinski definition) is 2. The second kappa shape index (κ2) is 9.67. The highest BCUT2D eigenvalue weighted by molar-refractivity contribution is 6.42. The number of benzene rings is 2. The molecule has 0 bridgehead atoms. The van der Waals surface area contributed by atoms with Crippen molar-refractivity contribution < 1.29 is 36.2 Å². The van der Waals surface area contributed by atoms with E-state index in [1.807, 2.05) is 0 Å². The number of rotatable bonds is 6. The van der Waals surface area contributed by atoms with Crippen LogP contribution in [0, 0.1) is 0 Å². The molecule has 0 saturated heterocycles. The summed E-state index contributed by atoms with van der Waals surface area (Å²) in [5.74, 6) is -1.51. The molecule has 0 saturated carbocycles. The molecule has 0 aliphatic heterocycles. The number of hydrogen-bond donors (Lipinski definition) is 1. The molecule has 0 unspecified atom stereocenters. The number of aliphatic hydroxyl groups excluding tert-OH is 1. The number of nitrogens with zero attached hydrogens (tertiary/aromatic N) is 1. The Morgan fingerprint density at radius 3 is 1.97 bits per heavy atom. The van der Waals surface area contributed by atoms with Crippen molar-refractivity contribution in [1.82, 2.24) is 4.90 Å². The number of amides is 1. The van der Waals surface area contributed by atoms with E-state index in [-0.39, 0.29) is 35.7 Å². The van der Waals surface area contributed by atoms with Crippen LogP contribution in [-0.4, -0.2) is 36.1 Å². The van der Waals surface area contributed by atoms with Gasteiger partial charge in [0.05, 0.1) is 21.2 Å². The van der Waals surface area contributed by atoms with Crippen LogP contribution in [0.25, 0.3) is 0 Å². The van der Waals surface area contributed by atoms with Gasteiger partial charge in [0.25, 0.3) is 5.91 Å². The first-order valence-corrected chi connectivity index (χ1v) is 9.60. The van der Waals surface area contributed by atoms with Gasteiger partial charge in [-0.1, -0.05) is 29.3 Å². The number of aliphatic hydroxyl groups is 1. The Kier molecular flexibility index (Phi) is 7.89. The summed E-state index contributed by atoms with van der Waals surface area (Å²) < 4.78 is 78.4. The van der Waals surface area contributed by atoms with Gasteiger partial charge in [-0.2, -0.15) is 26.3 Å². The predicted octanol–water partition coefficient (Wildman–Crippen LogP) is 6.27. The van der Waals surface area contributed by atoms with Crippen LogP contribution in [0.4, 0.5) is 26.3 Å². The Morgan fingerprint density at radius 1 is 0.968 bits per heavy atom. The molecule has 0 spiro atoms. The number of alkyl halides is 6. The van der Waals surface area contributed by atoms with E-state index in [4.69, 9.17) is 23.2 Å². The van der Waals surface area contributed by atoms with Gasteiger partial charge in [0.15, 0.2) is 0 Å². The lowest BCUT2D eigenvalue weighted by atomic mass is 9.95. The molecule has 0 heterocycles. The summed E-state index contributed by atoms with van der Waals surface area (Å²) in [6.07, 6.45) is -9.95. The molecular formula is C20H17Cl2F6NO2. The van der Waals surface area contributed by atoms with Gasteiger partial charge in [-0.25, -0.2) is 0 Å². The molecule has 0 fully saturated rings. The van der Waals surface area contributed by atoms with E-state index >= 15 is 0 Å². The number of carbonyl (C=O) groups is 1. The molecule has 170 valence electrons. The number of carbonyl (C=O) groups excluding carboxylic acids is 1. The quantitative estimate of drug-likeness (QED) is 0.487. The van der Waals surface area contributed by atoms with Crippen molar-refractivity contribution in [2.24, 2.45) is 0 Å². The summed E-state index contributed by atoms with van der Waals surface area (Å²) in [5, 5.41) is 9.83. The zero-order valence-electron chi connectivity index (χ0n) is 16.0. The lowest BCUT2D eigenvalue weighted by molar-refractivity contribution is -0.143. The summed E-state index contributed by atoms with van der Waals surface area (Å²) in [5.41, 5.74) is -3.30. The van der Waals surface area contributed by atoms with Crippen molar-refractivity contribution in [2.75, 3.05) is 20.2 Å². The van der Waals surface area contributed by atoms with Gasteiger partial charge in [0, 0.05) is 31.7 Å². The van der Waals surface area contributed by atoms with Gasteiger partial charge < -0.3 is 10.0 Å². The monoisotopic (exact) mass is 487 g/mol. The minimum absolute atomic E-state index is 0.0406. The lowest BCUT2D eigenvalue weighted by Crippen LogP contribution is -2.32. The van der Waals surface area contributed by atoms with E-state index in [9.17, 15) is 36.2 Å².